The van der Waals surface area contributed by atoms with E-state index in [4.69, 9.17) is 4.74 Å². The topological polar surface area (TPSA) is 73.9 Å². The molecule has 0 aromatic heterocycles. The highest BCUT2D eigenvalue weighted by molar-refractivity contribution is 5.99. The van der Waals surface area contributed by atoms with Crippen molar-refractivity contribution in [3.8, 4) is 5.75 Å². The highest BCUT2D eigenvalue weighted by Gasteiger charge is 2.19. The number of nitrogens with one attached hydrogen (secondary N) is 2. The van der Waals surface area contributed by atoms with E-state index in [2.05, 4.69) is 20.4 Å². The molecule has 2 heterocycles. The van der Waals surface area contributed by atoms with E-state index in [1.54, 1.807) is 30.3 Å². The first kappa shape index (κ1) is 19.2. The maximum atomic E-state index is 13.1. The second kappa shape index (κ2) is 8.48. The van der Waals surface area contributed by atoms with Crippen LogP contribution >= 0.6 is 0 Å². The summed E-state index contributed by atoms with van der Waals surface area (Å²) in [4.78, 5) is 28.3. The van der Waals surface area contributed by atoms with Crippen LogP contribution in [0.1, 0.15) is 10.4 Å². The zero-order valence-corrected chi connectivity index (χ0v) is 16.0. The number of carbonyl (C=O) groups excluding carboxylic acids is 2. The third-order valence-electron chi connectivity index (χ3n) is 5.15. The fourth-order valence-corrected chi connectivity index (χ4v) is 3.54. The molecule has 152 valence electrons. The van der Waals surface area contributed by atoms with Crippen LogP contribution in [0.25, 0.3) is 0 Å². The van der Waals surface area contributed by atoms with Gasteiger partial charge in [-0.3, -0.25) is 14.5 Å². The number of hydrogen-bond donors (Lipinski definition) is 2. The van der Waals surface area contributed by atoms with E-state index >= 15 is 0 Å². The van der Waals surface area contributed by atoms with Crippen molar-refractivity contribution in [3.63, 3.8) is 0 Å². The Bertz CT molecular complexity index is 895. The molecular formula is C21H23FN4O3. The maximum absolute atomic E-state index is 13.1. The highest BCUT2D eigenvalue weighted by atomic mass is 19.1. The van der Waals surface area contributed by atoms with E-state index in [-0.39, 0.29) is 24.2 Å². The number of piperazine rings is 1. The van der Waals surface area contributed by atoms with Crippen LogP contribution in [-0.4, -0.2) is 62.6 Å². The van der Waals surface area contributed by atoms with Crippen molar-refractivity contribution in [2.24, 2.45) is 0 Å². The van der Waals surface area contributed by atoms with Gasteiger partial charge in [-0.05, 0) is 42.5 Å². The standard InChI is InChI=1S/C21H23FN4O3/c22-16-2-4-17(5-3-16)26-11-9-25(10-12-26)8-7-23-21(28)15-1-6-19-18(13-15)24-20(27)14-29-19/h1-6,13H,7-12,14H2,(H,23,28)(H,24,27). The number of nitrogens with zero attached hydrogens (tertiary/aromatic N) is 2. The van der Waals surface area contributed by atoms with E-state index in [0.29, 0.717) is 23.5 Å². The first-order chi connectivity index (χ1) is 14.1. The molecule has 0 aliphatic carbocycles. The molecule has 8 heteroatoms. The predicted octanol–water partition coefficient (Wildman–Crippen LogP) is 1.71. The maximum Gasteiger partial charge on any atom is 0.262 e. The Balaban J connectivity index is 1.23. The number of halogens is 1. The fourth-order valence-electron chi connectivity index (χ4n) is 3.54. The van der Waals surface area contributed by atoms with Crippen molar-refractivity contribution in [3.05, 3.63) is 53.8 Å². The van der Waals surface area contributed by atoms with Gasteiger partial charge in [-0.1, -0.05) is 0 Å². The molecule has 0 saturated carbocycles. The van der Waals surface area contributed by atoms with Crippen LogP contribution in [0.5, 0.6) is 5.75 Å². The summed E-state index contributed by atoms with van der Waals surface area (Å²) in [5.74, 6) is -0.0652. The van der Waals surface area contributed by atoms with Crippen LogP contribution in [0.15, 0.2) is 42.5 Å². The van der Waals surface area contributed by atoms with Gasteiger partial charge in [-0.15, -0.1) is 0 Å². The average molecular weight is 398 g/mol. The number of ether oxygens (including phenoxy) is 1. The lowest BCUT2D eigenvalue weighted by Crippen LogP contribution is -2.48. The van der Waals surface area contributed by atoms with Crippen LogP contribution in [0.2, 0.25) is 0 Å². The summed E-state index contributed by atoms with van der Waals surface area (Å²) >= 11 is 0. The summed E-state index contributed by atoms with van der Waals surface area (Å²) in [6.45, 7) is 4.79. The number of amides is 2. The van der Waals surface area contributed by atoms with Crippen molar-refractivity contribution >= 4 is 23.2 Å². The molecule has 0 unspecified atom stereocenters. The Morgan fingerprint density at radius 3 is 2.62 bits per heavy atom. The number of hydrogen-bond acceptors (Lipinski definition) is 5. The molecular weight excluding hydrogens is 375 g/mol. The average Bonchev–Trinajstić information content (AvgIpc) is 2.74. The minimum Gasteiger partial charge on any atom is -0.482 e. The molecule has 2 aromatic carbocycles. The van der Waals surface area contributed by atoms with Gasteiger partial charge in [0.1, 0.15) is 11.6 Å². The molecule has 2 aliphatic rings. The molecule has 29 heavy (non-hydrogen) atoms. The van der Waals surface area contributed by atoms with Crippen LogP contribution in [0.4, 0.5) is 15.8 Å². The molecule has 2 aliphatic heterocycles. The number of benzene rings is 2. The van der Waals surface area contributed by atoms with Gasteiger partial charge >= 0.3 is 0 Å². The van der Waals surface area contributed by atoms with Gasteiger partial charge in [0.05, 0.1) is 5.69 Å². The summed E-state index contributed by atoms with van der Waals surface area (Å²) < 4.78 is 18.4. The Labute approximate surface area is 168 Å². The van der Waals surface area contributed by atoms with Gasteiger partial charge in [0.2, 0.25) is 0 Å². The van der Waals surface area contributed by atoms with Gasteiger partial charge in [-0.2, -0.15) is 0 Å². The minimum atomic E-state index is -0.227. The molecule has 1 saturated heterocycles. The van der Waals surface area contributed by atoms with Gasteiger partial charge in [0.25, 0.3) is 11.8 Å². The monoisotopic (exact) mass is 398 g/mol. The van der Waals surface area contributed by atoms with E-state index < -0.39 is 0 Å². The Morgan fingerprint density at radius 1 is 1.10 bits per heavy atom. The zero-order valence-electron chi connectivity index (χ0n) is 16.0. The van der Waals surface area contributed by atoms with Crippen molar-refractivity contribution in [2.75, 3.05) is 56.1 Å². The number of rotatable bonds is 5. The Hall–Kier alpha value is -3.13. The summed E-state index contributed by atoms with van der Waals surface area (Å²) in [5.41, 5.74) is 2.03. The molecule has 2 amide bonds. The SMILES string of the molecule is O=C1COc2ccc(C(=O)NCCN3CCN(c4ccc(F)cc4)CC3)cc2N1. The summed E-state index contributed by atoms with van der Waals surface area (Å²) in [6.07, 6.45) is 0. The normalized spacial score (nSPS) is 16.6. The minimum absolute atomic E-state index is 0.00698. The van der Waals surface area contributed by atoms with E-state index in [0.717, 1.165) is 38.4 Å². The summed E-state index contributed by atoms with van der Waals surface area (Å²) in [5, 5.41) is 5.63. The molecule has 0 atom stereocenters. The lowest BCUT2D eigenvalue weighted by Gasteiger charge is -2.36. The second-order valence-electron chi connectivity index (χ2n) is 7.11. The molecule has 2 aromatic rings. The van der Waals surface area contributed by atoms with Crippen LogP contribution in [-0.2, 0) is 4.79 Å². The zero-order chi connectivity index (χ0) is 20.2. The highest BCUT2D eigenvalue weighted by Crippen LogP contribution is 2.28. The fraction of sp³-hybridized carbons (Fsp3) is 0.333. The van der Waals surface area contributed by atoms with Crippen molar-refractivity contribution < 1.29 is 18.7 Å². The molecule has 2 N–H and O–H groups in total. The number of carbonyl (C=O) groups is 2. The molecule has 7 nitrogen and oxygen atoms in total. The van der Waals surface area contributed by atoms with E-state index in [1.807, 2.05) is 0 Å². The molecule has 1 fully saturated rings. The summed E-state index contributed by atoms with van der Waals surface area (Å²) in [7, 11) is 0. The number of fused-ring (bicyclic) bond motifs is 1. The first-order valence-corrected chi connectivity index (χ1v) is 9.66. The second-order valence-corrected chi connectivity index (χ2v) is 7.11. The molecule has 0 bridgehead atoms. The third kappa shape index (κ3) is 4.65. The van der Waals surface area contributed by atoms with Crippen LogP contribution < -0.4 is 20.3 Å². The largest absolute Gasteiger partial charge is 0.482 e. The van der Waals surface area contributed by atoms with Gasteiger partial charge < -0.3 is 20.3 Å². The van der Waals surface area contributed by atoms with E-state index in [9.17, 15) is 14.0 Å². The van der Waals surface area contributed by atoms with Crippen molar-refractivity contribution in [2.45, 2.75) is 0 Å². The Morgan fingerprint density at radius 2 is 1.86 bits per heavy atom. The summed E-state index contributed by atoms with van der Waals surface area (Å²) in [6, 6.07) is 11.6. The lowest BCUT2D eigenvalue weighted by atomic mass is 10.1. The Kier molecular flexibility index (Phi) is 5.62. The van der Waals surface area contributed by atoms with Crippen LogP contribution in [0, 0.1) is 5.82 Å². The van der Waals surface area contributed by atoms with Crippen LogP contribution in [0.3, 0.4) is 0 Å². The van der Waals surface area contributed by atoms with E-state index in [1.165, 1.54) is 12.1 Å². The quantitative estimate of drug-likeness (QED) is 0.802. The van der Waals surface area contributed by atoms with Gasteiger partial charge in [0.15, 0.2) is 6.61 Å². The molecule has 0 radical (unpaired) electrons. The molecule has 4 rings (SSSR count). The third-order valence-corrected chi connectivity index (χ3v) is 5.15. The van der Waals surface area contributed by atoms with Crippen molar-refractivity contribution in [1.82, 2.24) is 10.2 Å². The predicted molar refractivity (Wildman–Crippen MR) is 108 cm³/mol. The molecule has 0 spiro atoms. The first-order valence-electron chi connectivity index (χ1n) is 9.66. The lowest BCUT2D eigenvalue weighted by molar-refractivity contribution is -0.118. The van der Waals surface area contributed by atoms with Gasteiger partial charge in [0, 0.05) is 50.5 Å². The van der Waals surface area contributed by atoms with Crippen molar-refractivity contribution in [1.29, 1.82) is 0 Å². The smallest absolute Gasteiger partial charge is 0.262 e. The van der Waals surface area contributed by atoms with Gasteiger partial charge in [-0.25, -0.2) is 4.39 Å². The number of anilines is 2.